The summed E-state index contributed by atoms with van der Waals surface area (Å²) in [6, 6.07) is 5.58. The Balaban J connectivity index is 1.95. The minimum atomic E-state index is -2.07. The van der Waals surface area contributed by atoms with E-state index in [0.29, 0.717) is 5.69 Å². The molecule has 1 aliphatic rings. The number of carbonyl (C=O) groups is 1. The Bertz CT molecular complexity index is 729. The number of carbonyl (C=O) groups excluding carboxylic acids is 1. The van der Waals surface area contributed by atoms with E-state index in [-0.39, 0.29) is 0 Å². The van der Waals surface area contributed by atoms with Gasteiger partial charge < -0.3 is 9.88 Å². The molecule has 1 aromatic heterocycles. The molecule has 0 saturated heterocycles. The molecule has 0 bridgehead atoms. The molecule has 0 spiro atoms. The highest BCUT2D eigenvalue weighted by molar-refractivity contribution is 6.31. The molecule has 2 heterocycles. The Hall–Kier alpha value is -1.95. The highest BCUT2D eigenvalue weighted by Crippen LogP contribution is 2.27. The number of rotatable bonds is 3. The van der Waals surface area contributed by atoms with E-state index in [2.05, 4.69) is 20.1 Å². The quantitative estimate of drug-likeness (QED) is 0.873. The summed E-state index contributed by atoms with van der Waals surface area (Å²) in [7, 11) is 0. The maximum absolute atomic E-state index is 12.9. The van der Waals surface area contributed by atoms with E-state index in [1.54, 1.807) is 6.07 Å². The molecule has 0 aliphatic carbocycles. The fourth-order valence-electron chi connectivity index (χ4n) is 2.78. The zero-order chi connectivity index (χ0) is 16.4. The lowest BCUT2D eigenvalue weighted by atomic mass is 10.1. The first-order chi connectivity index (χ1) is 11.1. The number of nitrogens with one attached hydrogen (secondary N) is 1. The van der Waals surface area contributed by atoms with Crippen LogP contribution in [0.5, 0.6) is 0 Å². The Morgan fingerprint density at radius 3 is 2.96 bits per heavy atom. The highest BCUT2D eigenvalue weighted by Gasteiger charge is 2.18. The van der Waals surface area contributed by atoms with Crippen LogP contribution in [0.15, 0.2) is 18.2 Å². The van der Waals surface area contributed by atoms with Gasteiger partial charge in [-0.2, -0.15) is 0 Å². The third kappa shape index (κ3) is 3.37. The summed E-state index contributed by atoms with van der Waals surface area (Å²) in [5.41, 5.74) is 0.135. The zero-order valence-corrected chi connectivity index (χ0v) is 13.6. The molecule has 1 aromatic carbocycles. The molecule has 1 amide bonds. The van der Waals surface area contributed by atoms with Gasteiger partial charge >= 0.3 is 0 Å². The van der Waals surface area contributed by atoms with E-state index in [0.717, 1.165) is 48.6 Å². The van der Waals surface area contributed by atoms with Gasteiger partial charge in [0.05, 0.1) is 0 Å². The van der Waals surface area contributed by atoms with Gasteiger partial charge in [-0.05, 0) is 31.4 Å². The minimum Gasteiger partial charge on any atom is -0.322 e. The Labute approximate surface area is 138 Å². The molecule has 23 heavy (non-hydrogen) atoms. The lowest BCUT2D eigenvalue weighted by molar-refractivity contribution is -0.118. The first-order valence-corrected chi connectivity index (χ1v) is 8.12. The highest BCUT2D eigenvalue weighted by atomic mass is 35.5. The van der Waals surface area contributed by atoms with Crippen LogP contribution in [0.4, 0.5) is 10.1 Å². The number of benzene rings is 1. The van der Waals surface area contributed by atoms with Crippen LogP contribution in [0.1, 0.15) is 30.7 Å². The average Bonchev–Trinajstić information content (AvgIpc) is 2.78. The fraction of sp³-hybridized carbons (Fsp3) is 0.438. The summed E-state index contributed by atoms with van der Waals surface area (Å²) in [5.74, 6) is 0.903. The molecule has 7 heteroatoms. The predicted molar refractivity (Wildman–Crippen MR) is 87.1 cm³/mol. The lowest BCUT2D eigenvalue weighted by Crippen LogP contribution is -2.19. The minimum absolute atomic E-state index is 0.529. The van der Waals surface area contributed by atoms with Crippen molar-refractivity contribution in [3.63, 3.8) is 0 Å². The molecular formula is C16H18ClFN4O. The number of alkyl halides is 2. The van der Waals surface area contributed by atoms with Gasteiger partial charge in [0.25, 0.3) is 11.5 Å². The van der Waals surface area contributed by atoms with Gasteiger partial charge in [0.1, 0.15) is 5.82 Å². The molecule has 1 unspecified atom stereocenters. The molecule has 1 atom stereocenters. The van der Waals surface area contributed by atoms with Crippen molar-refractivity contribution in [2.75, 3.05) is 5.32 Å². The first-order valence-electron chi connectivity index (χ1n) is 7.68. The number of aryl methyl sites for hydroxylation is 2. The number of anilines is 1. The van der Waals surface area contributed by atoms with E-state index < -0.39 is 11.5 Å². The largest absolute Gasteiger partial charge is 0.322 e. The SMILES string of the molecule is Cc1ccc(-c2nnc3n2CCCCC3)cc1NC(=O)C(F)Cl. The maximum Gasteiger partial charge on any atom is 0.274 e. The number of amides is 1. The molecule has 0 fully saturated rings. The molecule has 5 nitrogen and oxygen atoms in total. The molecule has 1 aliphatic heterocycles. The van der Waals surface area contributed by atoms with E-state index >= 15 is 0 Å². The fourth-order valence-corrected chi connectivity index (χ4v) is 2.84. The molecule has 0 radical (unpaired) electrons. The third-order valence-electron chi connectivity index (χ3n) is 4.06. The van der Waals surface area contributed by atoms with E-state index in [9.17, 15) is 9.18 Å². The van der Waals surface area contributed by atoms with Crippen LogP contribution in [0.3, 0.4) is 0 Å². The van der Waals surface area contributed by atoms with Crippen LogP contribution in [-0.2, 0) is 17.8 Å². The van der Waals surface area contributed by atoms with Gasteiger partial charge in [-0.3, -0.25) is 4.79 Å². The standard InChI is InChI=1S/C16H18ClFN4O/c1-10-6-7-11(9-12(10)19-16(23)14(17)18)15-21-20-13-5-3-2-4-8-22(13)15/h6-7,9,14H,2-5,8H2,1H3,(H,19,23). The third-order valence-corrected chi connectivity index (χ3v) is 4.26. The number of nitrogens with zero attached hydrogens (tertiary/aromatic N) is 3. The van der Waals surface area contributed by atoms with Crippen LogP contribution in [0, 0.1) is 6.92 Å². The Kier molecular flexibility index (Phi) is 4.61. The molecule has 3 rings (SSSR count). The normalized spacial score (nSPS) is 15.6. The number of fused-ring (bicyclic) bond motifs is 1. The summed E-state index contributed by atoms with van der Waals surface area (Å²) in [5, 5.41) is 11.1. The number of aromatic nitrogens is 3. The van der Waals surface area contributed by atoms with Crippen LogP contribution in [0.2, 0.25) is 0 Å². The van der Waals surface area contributed by atoms with Crippen LogP contribution < -0.4 is 5.32 Å². The van der Waals surface area contributed by atoms with Crippen molar-refractivity contribution in [1.82, 2.24) is 14.8 Å². The number of hydrogen-bond acceptors (Lipinski definition) is 3. The number of hydrogen-bond donors (Lipinski definition) is 1. The molecule has 1 N–H and O–H groups in total. The molecule has 2 aromatic rings. The second-order valence-electron chi connectivity index (χ2n) is 5.72. The van der Waals surface area contributed by atoms with Crippen LogP contribution in [-0.4, -0.2) is 26.3 Å². The molecule has 122 valence electrons. The van der Waals surface area contributed by atoms with Crippen molar-refractivity contribution in [1.29, 1.82) is 0 Å². The van der Waals surface area contributed by atoms with Crippen molar-refractivity contribution in [2.24, 2.45) is 0 Å². The average molecular weight is 337 g/mol. The monoisotopic (exact) mass is 336 g/mol. The van der Waals surface area contributed by atoms with Crippen molar-refractivity contribution >= 4 is 23.2 Å². The summed E-state index contributed by atoms with van der Waals surface area (Å²) in [6.07, 6.45) is 4.34. The van der Waals surface area contributed by atoms with Crippen molar-refractivity contribution in [2.45, 2.75) is 44.8 Å². The molecule has 0 saturated carbocycles. The van der Waals surface area contributed by atoms with Crippen molar-refractivity contribution in [3.8, 4) is 11.4 Å². The van der Waals surface area contributed by atoms with Gasteiger partial charge in [0.15, 0.2) is 5.82 Å². The van der Waals surface area contributed by atoms with Gasteiger partial charge in [-0.25, -0.2) is 4.39 Å². The van der Waals surface area contributed by atoms with Gasteiger partial charge in [-0.15, -0.1) is 10.2 Å². The lowest BCUT2D eigenvalue weighted by Gasteiger charge is -2.12. The second kappa shape index (κ2) is 6.66. The van der Waals surface area contributed by atoms with Crippen LogP contribution >= 0.6 is 11.6 Å². The van der Waals surface area contributed by atoms with Crippen LogP contribution in [0.25, 0.3) is 11.4 Å². The van der Waals surface area contributed by atoms with Crippen molar-refractivity contribution in [3.05, 3.63) is 29.6 Å². The summed E-state index contributed by atoms with van der Waals surface area (Å²) in [4.78, 5) is 11.5. The van der Waals surface area contributed by atoms with E-state index in [1.165, 1.54) is 6.42 Å². The predicted octanol–water partition coefficient (Wildman–Crippen LogP) is 3.45. The Morgan fingerprint density at radius 1 is 1.35 bits per heavy atom. The second-order valence-corrected chi connectivity index (χ2v) is 6.10. The first kappa shape index (κ1) is 15.9. The van der Waals surface area contributed by atoms with Crippen molar-refractivity contribution < 1.29 is 9.18 Å². The maximum atomic E-state index is 12.9. The summed E-state index contributed by atoms with van der Waals surface area (Å²) < 4.78 is 15.0. The number of halogens is 2. The smallest absolute Gasteiger partial charge is 0.274 e. The summed E-state index contributed by atoms with van der Waals surface area (Å²) in [6.45, 7) is 2.73. The van der Waals surface area contributed by atoms with Gasteiger partial charge in [0.2, 0.25) is 0 Å². The van der Waals surface area contributed by atoms with E-state index in [1.807, 2.05) is 19.1 Å². The Morgan fingerprint density at radius 2 is 2.17 bits per heavy atom. The van der Waals surface area contributed by atoms with E-state index in [4.69, 9.17) is 11.6 Å². The topological polar surface area (TPSA) is 59.8 Å². The van der Waals surface area contributed by atoms with Gasteiger partial charge in [0, 0.05) is 24.2 Å². The molecular weight excluding hydrogens is 319 g/mol. The zero-order valence-electron chi connectivity index (χ0n) is 12.9. The van der Waals surface area contributed by atoms with Gasteiger partial charge in [-0.1, -0.05) is 30.2 Å². The summed E-state index contributed by atoms with van der Waals surface area (Å²) >= 11 is 5.18.